The van der Waals surface area contributed by atoms with E-state index >= 15 is 0 Å². The Morgan fingerprint density at radius 3 is 2.50 bits per heavy atom. The van der Waals surface area contributed by atoms with Crippen LogP contribution in [0.3, 0.4) is 0 Å². The van der Waals surface area contributed by atoms with E-state index in [2.05, 4.69) is 10.6 Å². The third kappa shape index (κ3) is 3.94. The highest BCUT2D eigenvalue weighted by atomic mass is 35.5. The molecule has 2 N–H and O–H groups in total. The fourth-order valence-electron chi connectivity index (χ4n) is 3.08. The first-order chi connectivity index (χ1) is 13.3. The van der Waals surface area contributed by atoms with Gasteiger partial charge in [-0.05, 0) is 36.6 Å². The first-order valence-corrected chi connectivity index (χ1v) is 9.77. The fourth-order valence-corrected chi connectivity index (χ4v) is 4.63. The van der Waals surface area contributed by atoms with E-state index in [9.17, 15) is 14.4 Å². The highest BCUT2D eigenvalue weighted by Crippen LogP contribution is 2.45. The molecule has 1 unspecified atom stereocenters. The molecule has 0 fully saturated rings. The van der Waals surface area contributed by atoms with E-state index in [0.717, 1.165) is 4.88 Å². The number of carbonyl (C=O) groups excluding carboxylic acids is 3. The molecule has 28 heavy (non-hydrogen) atoms. The van der Waals surface area contributed by atoms with Crippen molar-refractivity contribution in [2.24, 2.45) is 0 Å². The summed E-state index contributed by atoms with van der Waals surface area (Å²) in [5.41, 5.74) is 1.18. The van der Waals surface area contributed by atoms with Gasteiger partial charge in [-0.3, -0.25) is 10.1 Å². The number of aryl methyl sites for hydroxylation is 1. The smallest absolute Gasteiger partial charge is 0.341 e. The summed E-state index contributed by atoms with van der Waals surface area (Å²) in [7, 11) is 2.54. The lowest BCUT2D eigenvalue weighted by molar-refractivity contribution is -0.142. The number of esters is 2. The van der Waals surface area contributed by atoms with Gasteiger partial charge in [0, 0.05) is 10.6 Å². The minimum Gasteiger partial charge on any atom is -0.469 e. The molecule has 0 bridgehead atoms. The zero-order chi connectivity index (χ0) is 20.4. The maximum absolute atomic E-state index is 12.4. The molecule has 7 nitrogen and oxygen atoms in total. The van der Waals surface area contributed by atoms with E-state index in [1.807, 2.05) is 0 Å². The van der Waals surface area contributed by atoms with Crippen molar-refractivity contribution >= 4 is 63.2 Å². The molecule has 1 atom stereocenters. The molecule has 148 valence electrons. The summed E-state index contributed by atoms with van der Waals surface area (Å²) < 4.78 is 9.70. The molecule has 0 aliphatic heterocycles. The Morgan fingerprint density at radius 1 is 1.11 bits per heavy atom. The summed E-state index contributed by atoms with van der Waals surface area (Å²) in [6.45, 7) is 0. The molecular formula is C18H16Cl2N2O5S. The number of urea groups is 1. The Labute approximate surface area is 174 Å². The number of carbonyl (C=O) groups is 3. The van der Waals surface area contributed by atoms with Gasteiger partial charge in [-0.1, -0.05) is 23.2 Å². The van der Waals surface area contributed by atoms with Crippen LogP contribution in [0.5, 0.6) is 0 Å². The van der Waals surface area contributed by atoms with Crippen LogP contribution >= 0.6 is 34.5 Å². The molecule has 10 heteroatoms. The standard InChI is InChI=1S/C18H16Cl2N2O5S/c1-26-16(23)9-4-6-12-13(9)14(17(24)27-2)15(28-12)22-18(25)21-8-3-5-10(19)11(20)7-8/h3,5,7,9H,4,6H2,1-2H3,(H2,21,22,25). The van der Waals surface area contributed by atoms with Crippen LogP contribution in [0.2, 0.25) is 10.0 Å². The van der Waals surface area contributed by atoms with Crippen LogP contribution in [0.25, 0.3) is 0 Å². The average Bonchev–Trinajstić information content (AvgIpc) is 3.22. The van der Waals surface area contributed by atoms with E-state index in [-0.39, 0.29) is 5.56 Å². The number of halogens is 2. The van der Waals surface area contributed by atoms with Crippen LogP contribution in [0, 0.1) is 0 Å². The van der Waals surface area contributed by atoms with E-state index in [1.165, 1.54) is 31.6 Å². The van der Waals surface area contributed by atoms with Crippen molar-refractivity contribution in [2.45, 2.75) is 18.8 Å². The minimum atomic E-state index is -0.627. The molecule has 0 saturated carbocycles. The number of benzene rings is 1. The predicted octanol–water partition coefficient (Wildman–Crippen LogP) is 4.69. The first kappa shape index (κ1) is 20.4. The fraction of sp³-hybridized carbons (Fsp3) is 0.278. The Kier molecular flexibility index (Phi) is 6.12. The number of methoxy groups -OCH3 is 2. The molecule has 0 saturated heterocycles. The van der Waals surface area contributed by atoms with Gasteiger partial charge in [0.2, 0.25) is 0 Å². The highest BCUT2D eigenvalue weighted by molar-refractivity contribution is 7.17. The summed E-state index contributed by atoms with van der Waals surface area (Å²) in [4.78, 5) is 37.7. The third-order valence-corrected chi connectivity index (χ3v) is 6.23. The molecule has 2 amide bonds. The minimum absolute atomic E-state index is 0.180. The number of fused-ring (bicyclic) bond motifs is 1. The van der Waals surface area contributed by atoms with Crippen molar-refractivity contribution in [3.05, 3.63) is 44.2 Å². The van der Waals surface area contributed by atoms with Gasteiger partial charge in [-0.15, -0.1) is 11.3 Å². The highest BCUT2D eigenvalue weighted by Gasteiger charge is 2.38. The van der Waals surface area contributed by atoms with Gasteiger partial charge >= 0.3 is 18.0 Å². The summed E-state index contributed by atoms with van der Waals surface area (Å²) >= 11 is 13.1. The zero-order valence-corrected chi connectivity index (χ0v) is 17.3. The topological polar surface area (TPSA) is 93.7 Å². The largest absolute Gasteiger partial charge is 0.469 e. The van der Waals surface area contributed by atoms with Crippen molar-refractivity contribution in [3.8, 4) is 0 Å². The molecule has 1 aliphatic carbocycles. The van der Waals surface area contributed by atoms with Gasteiger partial charge in [0.25, 0.3) is 0 Å². The van der Waals surface area contributed by atoms with Gasteiger partial charge in [-0.2, -0.15) is 0 Å². The van der Waals surface area contributed by atoms with Crippen LogP contribution in [-0.4, -0.2) is 32.2 Å². The van der Waals surface area contributed by atoms with E-state index < -0.39 is 23.9 Å². The lowest BCUT2D eigenvalue weighted by Crippen LogP contribution is -2.21. The van der Waals surface area contributed by atoms with Crippen LogP contribution < -0.4 is 10.6 Å². The molecule has 0 radical (unpaired) electrons. The first-order valence-electron chi connectivity index (χ1n) is 8.20. The monoisotopic (exact) mass is 442 g/mol. The van der Waals surface area contributed by atoms with Gasteiger partial charge in [0.1, 0.15) is 5.00 Å². The zero-order valence-electron chi connectivity index (χ0n) is 14.9. The van der Waals surface area contributed by atoms with Gasteiger partial charge in [0.15, 0.2) is 0 Å². The molecule has 1 heterocycles. The van der Waals surface area contributed by atoms with Gasteiger partial charge in [0.05, 0.1) is 35.7 Å². The van der Waals surface area contributed by atoms with Crippen molar-refractivity contribution < 1.29 is 23.9 Å². The normalized spacial score (nSPS) is 14.9. The van der Waals surface area contributed by atoms with Crippen LogP contribution in [0.1, 0.15) is 33.1 Å². The Bertz CT molecular complexity index is 960. The summed E-state index contributed by atoms with van der Waals surface area (Å²) in [6.07, 6.45) is 1.16. The van der Waals surface area contributed by atoms with E-state index in [1.54, 1.807) is 12.1 Å². The van der Waals surface area contributed by atoms with Crippen molar-refractivity contribution in [1.29, 1.82) is 0 Å². The van der Waals surface area contributed by atoms with Gasteiger partial charge < -0.3 is 14.8 Å². The van der Waals surface area contributed by atoms with Crippen LogP contribution in [0.4, 0.5) is 15.5 Å². The predicted molar refractivity (Wildman–Crippen MR) is 108 cm³/mol. The number of ether oxygens (including phenoxy) is 2. The molecule has 1 aromatic heterocycles. The number of hydrogen-bond acceptors (Lipinski definition) is 6. The van der Waals surface area contributed by atoms with Crippen molar-refractivity contribution in [1.82, 2.24) is 0 Å². The van der Waals surface area contributed by atoms with E-state index in [0.29, 0.717) is 39.1 Å². The van der Waals surface area contributed by atoms with Gasteiger partial charge in [-0.25, -0.2) is 9.59 Å². The number of thiophene rings is 1. The molecule has 3 rings (SSSR count). The number of anilines is 2. The SMILES string of the molecule is COC(=O)c1c(NC(=O)Nc2ccc(Cl)c(Cl)c2)sc2c1C(C(=O)OC)CC2. The number of rotatable bonds is 4. The average molecular weight is 443 g/mol. The quantitative estimate of drug-likeness (QED) is 0.669. The lowest BCUT2D eigenvalue weighted by Gasteiger charge is -2.12. The molecular weight excluding hydrogens is 427 g/mol. The second-order valence-electron chi connectivity index (χ2n) is 5.96. The summed E-state index contributed by atoms with van der Waals surface area (Å²) in [5, 5.41) is 6.25. The summed E-state index contributed by atoms with van der Waals surface area (Å²) in [5.74, 6) is -1.61. The van der Waals surface area contributed by atoms with Crippen LogP contribution in [0.15, 0.2) is 18.2 Å². The summed E-state index contributed by atoms with van der Waals surface area (Å²) in [6, 6.07) is 4.08. The molecule has 1 aliphatic rings. The van der Waals surface area contributed by atoms with E-state index in [4.69, 9.17) is 32.7 Å². The maximum atomic E-state index is 12.4. The maximum Gasteiger partial charge on any atom is 0.341 e. The number of nitrogens with one attached hydrogen (secondary N) is 2. The van der Waals surface area contributed by atoms with Crippen molar-refractivity contribution in [2.75, 3.05) is 24.9 Å². The Morgan fingerprint density at radius 2 is 1.86 bits per heavy atom. The van der Waals surface area contributed by atoms with Crippen molar-refractivity contribution in [3.63, 3.8) is 0 Å². The second kappa shape index (κ2) is 8.38. The number of hydrogen-bond donors (Lipinski definition) is 2. The second-order valence-corrected chi connectivity index (χ2v) is 7.88. The molecule has 2 aromatic rings. The lowest BCUT2D eigenvalue weighted by atomic mass is 9.99. The Hall–Kier alpha value is -2.29. The Balaban J connectivity index is 1.87. The number of amides is 2. The van der Waals surface area contributed by atoms with Crippen LogP contribution in [-0.2, 0) is 20.7 Å². The third-order valence-electron chi connectivity index (χ3n) is 4.31. The molecule has 0 spiro atoms. The molecule has 1 aromatic carbocycles.